The zero-order chi connectivity index (χ0) is 20.2. The van der Waals surface area contributed by atoms with Gasteiger partial charge in [-0.3, -0.25) is 4.57 Å². The molecule has 0 bridgehead atoms. The predicted molar refractivity (Wildman–Crippen MR) is 110 cm³/mol. The second-order valence-corrected chi connectivity index (χ2v) is 7.06. The number of aryl methyl sites for hydroxylation is 2. The molecule has 9 heteroatoms. The zero-order valence-electron chi connectivity index (χ0n) is 15.3. The van der Waals surface area contributed by atoms with E-state index in [4.69, 9.17) is 28.6 Å². The topological polar surface area (TPSA) is 60.7 Å². The summed E-state index contributed by atoms with van der Waals surface area (Å²) in [5.41, 5.74) is 0.835. The SMILES string of the molecule is Fc1ccc(OCc2nn(CCc3ncc[nH]3)c(=S)n2-c2ccc(Cl)cc2)cc1. The molecule has 0 amide bonds. The zero-order valence-corrected chi connectivity index (χ0v) is 16.8. The van der Waals surface area contributed by atoms with Crippen LogP contribution in [-0.2, 0) is 19.6 Å². The maximum absolute atomic E-state index is 13.1. The molecular formula is C20H17ClFN5OS. The fraction of sp³-hybridized carbons (Fsp3) is 0.150. The summed E-state index contributed by atoms with van der Waals surface area (Å²) < 4.78 is 23.0. The quantitative estimate of drug-likeness (QED) is 0.431. The van der Waals surface area contributed by atoms with Gasteiger partial charge in [0.1, 0.15) is 24.0 Å². The molecule has 2 aromatic heterocycles. The highest BCUT2D eigenvalue weighted by atomic mass is 35.5. The highest BCUT2D eigenvalue weighted by molar-refractivity contribution is 7.71. The van der Waals surface area contributed by atoms with E-state index >= 15 is 0 Å². The number of nitrogens with zero attached hydrogens (tertiary/aromatic N) is 4. The summed E-state index contributed by atoms with van der Waals surface area (Å²) in [4.78, 5) is 7.31. The molecule has 148 valence electrons. The minimum absolute atomic E-state index is 0.172. The lowest BCUT2D eigenvalue weighted by atomic mass is 10.3. The molecule has 0 saturated carbocycles. The monoisotopic (exact) mass is 429 g/mol. The van der Waals surface area contributed by atoms with E-state index in [0.29, 0.717) is 34.3 Å². The first kappa shape index (κ1) is 19.4. The molecule has 0 unspecified atom stereocenters. The summed E-state index contributed by atoms with van der Waals surface area (Å²) in [7, 11) is 0. The van der Waals surface area contributed by atoms with Crippen LogP contribution in [0, 0.1) is 10.6 Å². The molecule has 0 fully saturated rings. The second kappa shape index (κ2) is 8.59. The lowest BCUT2D eigenvalue weighted by Crippen LogP contribution is -2.06. The van der Waals surface area contributed by atoms with Gasteiger partial charge >= 0.3 is 0 Å². The molecule has 29 heavy (non-hydrogen) atoms. The van der Waals surface area contributed by atoms with E-state index < -0.39 is 0 Å². The van der Waals surface area contributed by atoms with E-state index in [1.54, 1.807) is 41.3 Å². The normalized spacial score (nSPS) is 11.0. The number of aromatic nitrogens is 5. The van der Waals surface area contributed by atoms with Gasteiger partial charge in [0.2, 0.25) is 4.77 Å². The van der Waals surface area contributed by atoms with Crippen molar-refractivity contribution in [2.24, 2.45) is 0 Å². The lowest BCUT2D eigenvalue weighted by Gasteiger charge is -2.08. The van der Waals surface area contributed by atoms with Crippen molar-refractivity contribution < 1.29 is 9.13 Å². The average molecular weight is 430 g/mol. The van der Waals surface area contributed by atoms with Gasteiger partial charge in [0.15, 0.2) is 5.82 Å². The van der Waals surface area contributed by atoms with E-state index in [0.717, 1.165) is 11.5 Å². The molecule has 0 aliphatic heterocycles. The Kier molecular flexibility index (Phi) is 5.73. The molecule has 4 aromatic rings. The highest BCUT2D eigenvalue weighted by Crippen LogP contribution is 2.19. The largest absolute Gasteiger partial charge is 0.486 e. The van der Waals surface area contributed by atoms with Crippen LogP contribution in [0.15, 0.2) is 60.9 Å². The molecular weight excluding hydrogens is 413 g/mol. The number of aromatic amines is 1. The third-order valence-corrected chi connectivity index (χ3v) is 4.93. The first-order valence-electron chi connectivity index (χ1n) is 8.91. The smallest absolute Gasteiger partial charge is 0.202 e. The van der Waals surface area contributed by atoms with Crippen molar-refractivity contribution in [2.45, 2.75) is 19.6 Å². The van der Waals surface area contributed by atoms with Crippen LogP contribution >= 0.6 is 23.8 Å². The van der Waals surface area contributed by atoms with Crippen LogP contribution in [0.2, 0.25) is 5.02 Å². The van der Waals surface area contributed by atoms with Crippen molar-refractivity contribution in [2.75, 3.05) is 0 Å². The first-order valence-corrected chi connectivity index (χ1v) is 9.70. The summed E-state index contributed by atoms with van der Waals surface area (Å²) in [6.45, 7) is 0.738. The molecule has 0 saturated heterocycles. The Hall–Kier alpha value is -2.97. The van der Waals surface area contributed by atoms with Gasteiger partial charge in [-0.1, -0.05) is 11.6 Å². The van der Waals surface area contributed by atoms with Crippen LogP contribution < -0.4 is 4.74 Å². The van der Waals surface area contributed by atoms with E-state index in [1.807, 2.05) is 16.7 Å². The van der Waals surface area contributed by atoms with E-state index in [9.17, 15) is 4.39 Å². The fourth-order valence-corrected chi connectivity index (χ4v) is 3.34. The predicted octanol–water partition coefficient (Wildman–Crippen LogP) is 4.74. The van der Waals surface area contributed by atoms with E-state index in [-0.39, 0.29) is 12.4 Å². The van der Waals surface area contributed by atoms with Crippen LogP contribution in [0.5, 0.6) is 5.75 Å². The van der Waals surface area contributed by atoms with Crippen molar-refractivity contribution in [1.82, 2.24) is 24.3 Å². The molecule has 0 aliphatic rings. The van der Waals surface area contributed by atoms with Gasteiger partial charge in [-0.15, -0.1) is 0 Å². The summed E-state index contributed by atoms with van der Waals surface area (Å²) in [5.74, 6) is 1.71. The number of hydrogen-bond donors (Lipinski definition) is 1. The molecule has 2 heterocycles. The maximum atomic E-state index is 13.1. The Labute approximate surface area is 176 Å². The van der Waals surface area contributed by atoms with Crippen LogP contribution in [0.4, 0.5) is 4.39 Å². The second-order valence-electron chi connectivity index (χ2n) is 6.26. The Bertz CT molecular complexity index is 1140. The highest BCUT2D eigenvalue weighted by Gasteiger charge is 2.14. The van der Waals surface area contributed by atoms with Gasteiger partial charge in [-0.25, -0.2) is 14.1 Å². The third-order valence-electron chi connectivity index (χ3n) is 4.29. The number of nitrogens with one attached hydrogen (secondary N) is 1. The van der Waals surface area contributed by atoms with Crippen molar-refractivity contribution in [1.29, 1.82) is 0 Å². The first-order chi connectivity index (χ1) is 14.1. The van der Waals surface area contributed by atoms with E-state index in [2.05, 4.69) is 15.1 Å². The molecule has 0 spiro atoms. The molecule has 0 atom stereocenters. The number of ether oxygens (including phenoxy) is 1. The number of halogens is 2. The number of imidazole rings is 1. The van der Waals surface area contributed by atoms with Crippen LogP contribution in [0.3, 0.4) is 0 Å². The van der Waals surface area contributed by atoms with Crippen LogP contribution in [-0.4, -0.2) is 24.3 Å². The third kappa shape index (κ3) is 4.55. The Morgan fingerprint density at radius 2 is 1.86 bits per heavy atom. The number of rotatable bonds is 7. The van der Waals surface area contributed by atoms with Crippen molar-refractivity contribution in [3.05, 3.63) is 88.2 Å². The molecule has 0 aliphatic carbocycles. The van der Waals surface area contributed by atoms with Gasteiger partial charge in [-0.05, 0) is 60.7 Å². The molecule has 6 nitrogen and oxygen atoms in total. The van der Waals surface area contributed by atoms with Crippen molar-refractivity contribution in [3.63, 3.8) is 0 Å². The summed E-state index contributed by atoms with van der Waals surface area (Å²) >= 11 is 11.7. The molecule has 2 aromatic carbocycles. The molecule has 1 N–H and O–H groups in total. The van der Waals surface area contributed by atoms with Gasteiger partial charge in [-0.2, -0.15) is 5.10 Å². The summed E-state index contributed by atoms with van der Waals surface area (Å²) in [6, 6.07) is 13.2. The van der Waals surface area contributed by atoms with Crippen LogP contribution in [0.1, 0.15) is 11.6 Å². The number of H-pyrrole nitrogens is 1. The molecule has 0 radical (unpaired) electrons. The Balaban J connectivity index is 1.63. The number of benzene rings is 2. The lowest BCUT2D eigenvalue weighted by molar-refractivity contribution is 0.291. The van der Waals surface area contributed by atoms with Crippen molar-refractivity contribution in [3.8, 4) is 11.4 Å². The van der Waals surface area contributed by atoms with Crippen molar-refractivity contribution >= 4 is 23.8 Å². The van der Waals surface area contributed by atoms with E-state index in [1.165, 1.54) is 12.1 Å². The Morgan fingerprint density at radius 1 is 1.10 bits per heavy atom. The van der Waals surface area contributed by atoms with Gasteiger partial charge in [0, 0.05) is 29.5 Å². The minimum atomic E-state index is -0.316. The van der Waals surface area contributed by atoms with Gasteiger partial charge in [0.25, 0.3) is 0 Å². The summed E-state index contributed by atoms with van der Waals surface area (Å²) in [5, 5.41) is 5.28. The average Bonchev–Trinajstić information content (AvgIpc) is 3.35. The van der Waals surface area contributed by atoms with Crippen LogP contribution in [0.25, 0.3) is 5.69 Å². The standard InChI is InChI=1S/C20H17ClFN5OS/c21-14-1-5-16(6-2-14)27-19(13-28-17-7-3-15(22)4-8-17)25-26(20(27)29)12-9-18-23-10-11-24-18/h1-8,10-11H,9,12-13H2,(H,23,24). The maximum Gasteiger partial charge on any atom is 0.202 e. The molecule has 4 rings (SSSR count). The summed E-state index contributed by atoms with van der Waals surface area (Å²) in [6.07, 6.45) is 4.16. The minimum Gasteiger partial charge on any atom is -0.486 e. The Morgan fingerprint density at radius 3 is 2.55 bits per heavy atom. The van der Waals surface area contributed by atoms with Gasteiger partial charge < -0.3 is 9.72 Å². The fourth-order valence-electron chi connectivity index (χ4n) is 2.87. The number of hydrogen-bond acceptors (Lipinski definition) is 4. The van der Waals surface area contributed by atoms with Gasteiger partial charge in [0.05, 0.1) is 6.54 Å².